The van der Waals surface area contributed by atoms with Crippen molar-refractivity contribution in [1.82, 2.24) is 9.80 Å². The monoisotopic (exact) mass is 294 g/mol. The van der Waals surface area contributed by atoms with Crippen molar-refractivity contribution >= 4 is 5.96 Å². The summed E-state index contributed by atoms with van der Waals surface area (Å²) in [5, 5.41) is 0. The Morgan fingerprint density at radius 2 is 1.05 bits per heavy atom. The second-order valence-corrected chi connectivity index (χ2v) is 6.13. The number of hydrogen-bond acceptors (Lipinski definition) is 0. The van der Waals surface area contributed by atoms with Crippen molar-refractivity contribution in [2.45, 2.75) is 12.1 Å². The van der Waals surface area contributed by atoms with E-state index in [1.165, 1.54) is 17.1 Å². The molecule has 0 aliphatic carbocycles. The Morgan fingerprint density at radius 3 is 1.36 bits per heavy atom. The molecule has 0 radical (unpaired) electrons. The van der Waals surface area contributed by atoms with E-state index >= 15 is 0 Å². The van der Waals surface area contributed by atoms with Crippen molar-refractivity contribution in [2.24, 2.45) is 0 Å². The molecular weight excluding hydrogens is 270 g/mol. The van der Waals surface area contributed by atoms with Crippen LogP contribution >= 0.6 is 0 Å². The van der Waals surface area contributed by atoms with E-state index in [1.54, 1.807) is 0 Å². The Morgan fingerprint density at radius 1 is 0.682 bits per heavy atom. The number of likely N-dealkylation sites (N-methyl/N-ethyl adjacent to an activating group) is 2. The van der Waals surface area contributed by atoms with Gasteiger partial charge in [-0.05, 0) is 11.1 Å². The topological polar surface area (TPSA) is 9.49 Å². The Hall–Kier alpha value is -2.29. The summed E-state index contributed by atoms with van der Waals surface area (Å²) in [6, 6.07) is 22.2. The van der Waals surface area contributed by atoms with E-state index in [-0.39, 0.29) is 0 Å². The van der Waals surface area contributed by atoms with Crippen molar-refractivity contribution in [3.63, 3.8) is 0 Å². The van der Waals surface area contributed by atoms with Crippen molar-refractivity contribution in [1.29, 1.82) is 0 Å². The summed E-state index contributed by atoms with van der Waals surface area (Å²) in [7, 11) is 8.59. The highest BCUT2D eigenvalue weighted by atomic mass is 15.5. The van der Waals surface area contributed by atoms with E-state index in [2.05, 4.69) is 103 Å². The van der Waals surface area contributed by atoms with Crippen LogP contribution in [0.15, 0.2) is 60.7 Å². The van der Waals surface area contributed by atoms with Crippen LogP contribution in [0, 0.1) is 0 Å². The van der Waals surface area contributed by atoms with Crippen LogP contribution in [0.5, 0.6) is 0 Å². The maximum atomic E-state index is 2.38. The highest BCUT2D eigenvalue weighted by Gasteiger charge is 2.48. The van der Waals surface area contributed by atoms with Gasteiger partial charge in [-0.25, -0.2) is 0 Å². The van der Waals surface area contributed by atoms with E-state index in [0.29, 0.717) is 12.1 Å². The molecule has 0 N–H and O–H groups in total. The fourth-order valence-electron chi connectivity index (χ4n) is 3.66. The molecule has 3 nitrogen and oxygen atoms in total. The van der Waals surface area contributed by atoms with Gasteiger partial charge in [0.05, 0.1) is 28.2 Å². The summed E-state index contributed by atoms with van der Waals surface area (Å²) in [6.45, 7) is 0. The average Bonchev–Trinajstić information content (AvgIpc) is 2.80. The summed E-state index contributed by atoms with van der Waals surface area (Å²) in [6.07, 6.45) is 0. The van der Waals surface area contributed by atoms with Gasteiger partial charge in [0.1, 0.15) is 12.1 Å². The maximum Gasteiger partial charge on any atom is 0.350 e. The summed E-state index contributed by atoms with van der Waals surface area (Å²) < 4.78 is 2.19. The normalized spacial score (nSPS) is 21.4. The standard InChI is InChI=1S/C19H24N3/c1-20(2)19-21(3)17(15-11-7-5-8-12-15)18(22(19)4)16-13-9-6-10-14-16/h5-14,17-18H,1-4H3/q+1/t17-,18-/m0/s1. The first-order chi connectivity index (χ1) is 10.6. The summed E-state index contributed by atoms with van der Waals surface area (Å²) in [5.74, 6) is 1.24. The lowest BCUT2D eigenvalue weighted by atomic mass is 9.93. The molecule has 0 spiro atoms. The lowest BCUT2D eigenvalue weighted by Gasteiger charge is -2.21. The third-order valence-electron chi connectivity index (χ3n) is 4.45. The van der Waals surface area contributed by atoms with Crippen LogP contribution in [0.25, 0.3) is 0 Å². The summed E-state index contributed by atoms with van der Waals surface area (Å²) in [4.78, 5) is 4.76. The van der Waals surface area contributed by atoms with E-state index in [9.17, 15) is 0 Å². The minimum absolute atomic E-state index is 0.311. The highest BCUT2D eigenvalue weighted by molar-refractivity contribution is 5.79. The van der Waals surface area contributed by atoms with Crippen LogP contribution in [0.1, 0.15) is 23.2 Å². The SMILES string of the molecule is CN1C(=[N+](C)C)N(C)[C@@H](c2ccccc2)[C@@H]1c1ccccc1. The van der Waals surface area contributed by atoms with Gasteiger partial charge in [0.15, 0.2) is 0 Å². The van der Waals surface area contributed by atoms with Crippen molar-refractivity contribution in [3.8, 4) is 0 Å². The van der Waals surface area contributed by atoms with Crippen LogP contribution in [0.4, 0.5) is 0 Å². The first-order valence-electron chi connectivity index (χ1n) is 7.71. The first-order valence-corrected chi connectivity index (χ1v) is 7.71. The van der Waals surface area contributed by atoms with E-state index in [4.69, 9.17) is 0 Å². The van der Waals surface area contributed by atoms with E-state index in [1.807, 2.05) is 0 Å². The zero-order chi connectivity index (χ0) is 15.7. The van der Waals surface area contributed by atoms with Gasteiger partial charge in [-0.3, -0.25) is 14.4 Å². The van der Waals surface area contributed by atoms with Crippen molar-refractivity contribution < 1.29 is 4.58 Å². The third-order valence-corrected chi connectivity index (χ3v) is 4.45. The van der Waals surface area contributed by atoms with Gasteiger partial charge in [0.25, 0.3) is 0 Å². The summed E-state index contributed by atoms with van der Waals surface area (Å²) in [5.41, 5.74) is 2.70. The molecule has 1 aliphatic rings. The molecule has 2 atom stereocenters. The molecule has 1 fully saturated rings. The van der Waals surface area contributed by atoms with E-state index in [0.717, 1.165) is 0 Å². The molecule has 0 amide bonds. The molecule has 0 aromatic heterocycles. The van der Waals surface area contributed by atoms with Gasteiger partial charge in [0.2, 0.25) is 0 Å². The number of nitrogens with zero attached hydrogens (tertiary/aromatic N) is 3. The average molecular weight is 294 g/mol. The number of benzene rings is 2. The molecule has 22 heavy (non-hydrogen) atoms. The molecule has 3 rings (SSSR count). The van der Waals surface area contributed by atoms with Crippen LogP contribution in [0.2, 0.25) is 0 Å². The van der Waals surface area contributed by atoms with Crippen LogP contribution in [-0.4, -0.2) is 48.5 Å². The Bertz CT molecular complexity index is 606. The molecule has 3 heteroatoms. The second kappa shape index (κ2) is 5.84. The predicted molar refractivity (Wildman–Crippen MR) is 91.0 cm³/mol. The molecule has 1 heterocycles. The first kappa shape index (κ1) is 14.6. The molecule has 2 aromatic carbocycles. The number of rotatable bonds is 2. The van der Waals surface area contributed by atoms with Gasteiger partial charge in [-0.1, -0.05) is 60.7 Å². The van der Waals surface area contributed by atoms with Crippen LogP contribution in [-0.2, 0) is 0 Å². The Kier molecular flexibility index (Phi) is 3.88. The minimum atomic E-state index is 0.311. The molecule has 114 valence electrons. The fraction of sp³-hybridized carbons (Fsp3) is 0.316. The van der Waals surface area contributed by atoms with E-state index < -0.39 is 0 Å². The fourth-order valence-corrected chi connectivity index (χ4v) is 3.66. The largest absolute Gasteiger partial charge is 0.350 e. The zero-order valence-corrected chi connectivity index (χ0v) is 13.8. The molecule has 1 saturated heterocycles. The van der Waals surface area contributed by atoms with Gasteiger partial charge < -0.3 is 0 Å². The maximum absolute atomic E-state index is 2.38. The number of guanidine groups is 1. The Labute approximate surface area is 133 Å². The Balaban J connectivity index is 2.13. The molecular formula is C19H24N3+. The van der Waals surface area contributed by atoms with Gasteiger partial charge in [0, 0.05) is 0 Å². The van der Waals surface area contributed by atoms with Crippen LogP contribution < -0.4 is 0 Å². The lowest BCUT2D eigenvalue weighted by Crippen LogP contribution is -2.36. The third kappa shape index (κ3) is 2.37. The number of hydrogen-bond donors (Lipinski definition) is 0. The molecule has 0 bridgehead atoms. The van der Waals surface area contributed by atoms with Crippen LogP contribution in [0.3, 0.4) is 0 Å². The predicted octanol–water partition coefficient (Wildman–Crippen LogP) is 2.97. The molecule has 1 aliphatic heterocycles. The highest BCUT2D eigenvalue weighted by Crippen LogP contribution is 2.42. The summed E-state index contributed by atoms with van der Waals surface area (Å²) >= 11 is 0. The zero-order valence-electron chi connectivity index (χ0n) is 13.8. The quantitative estimate of drug-likeness (QED) is 0.788. The molecule has 0 saturated carbocycles. The molecule has 2 aromatic rings. The molecule has 0 unspecified atom stereocenters. The van der Waals surface area contributed by atoms with Gasteiger partial charge in [-0.2, -0.15) is 0 Å². The van der Waals surface area contributed by atoms with Crippen molar-refractivity contribution in [3.05, 3.63) is 71.8 Å². The minimum Gasteiger partial charge on any atom is -0.270 e. The lowest BCUT2D eigenvalue weighted by molar-refractivity contribution is -0.474. The van der Waals surface area contributed by atoms with Gasteiger partial charge in [-0.15, -0.1) is 0 Å². The van der Waals surface area contributed by atoms with Crippen molar-refractivity contribution in [2.75, 3.05) is 28.2 Å². The van der Waals surface area contributed by atoms with Gasteiger partial charge >= 0.3 is 5.96 Å². The smallest absolute Gasteiger partial charge is 0.270 e. The second-order valence-electron chi connectivity index (χ2n) is 6.13.